The molecule has 0 bridgehead atoms. The third kappa shape index (κ3) is 3.19. The second-order valence-corrected chi connectivity index (χ2v) is 4.28. The minimum atomic E-state index is -0.313. The quantitative estimate of drug-likeness (QED) is 0.814. The molecule has 0 amide bonds. The number of rotatable bonds is 4. The van der Waals surface area contributed by atoms with Gasteiger partial charge in [-0.2, -0.15) is 0 Å². The van der Waals surface area contributed by atoms with Crippen molar-refractivity contribution in [1.29, 1.82) is 0 Å². The minimum absolute atomic E-state index is 0.313. The lowest BCUT2D eigenvalue weighted by atomic mass is 10.2. The smallest absolute Gasteiger partial charge is 0.339 e. The maximum atomic E-state index is 11.4. The molecule has 1 aromatic heterocycles. The summed E-state index contributed by atoms with van der Waals surface area (Å²) in [5.74, 6) is 0.525. The number of pyridine rings is 1. The normalized spacial score (nSPS) is 15.8. The van der Waals surface area contributed by atoms with Crippen LogP contribution in [0.25, 0.3) is 0 Å². The van der Waals surface area contributed by atoms with E-state index < -0.39 is 0 Å². The molecule has 1 heterocycles. The fourth-order valence-electron chi connectivity index (χ4n) is 2.09. The van der Waals surface area contributed by atoms with Gasteiger partial charge in [0.15, 0.2) is 0 Å². The predicted octanol–water partition coefficient (Wildman–Crippen LogP) is 2.61. The van der Waals surface area contributed by atoms with E-state index in [-0.39, 0.29) is 5.97 Å². The van der Waals surface area contributed by atoms with Crippen molar-refractivity contribution >= 4 is 11.8 Å². The molecule has 1 aliphatic carbocycles. The minimum Gasteiger partial charge on any atom is -0.462 e. The Kier molecular flexibility index (Phi) is 3.96. The van der Waals surface area contributed by atoms with Gasteiger partial charge in [0.2, 0.25) is 0 Å². The van der Waals surface area contributed by atoms with Crippen molar-refractivity contribution in [2.75, 3.05) is 11.9 Å². The molecule has 92 valence electrons. The number of esters is 1. The molecule has 0 spiro atoms. The van der Waals surface area contributed by atoms with Crippen LogP contribution >= 0.6 is 0 Å². The summed E-state index contributed by atoms with van der Waals surface area (Å²) < 4.78 is 4.90. The SMILES string of the molecule is CCOC(=O)c1ccc(NC2CCCC2)nc1. The number of carbonyl (C=O) groups excluding carboxylic acids is 1. The van der Waals surface area contributed by atoms with Crippen molar-refractivity contribution in [3.05, 3.63) is 23.9 Å². The summed E-state index contributed by atoms with van der Waals surface area (Å²) in [4.78, 5) is 15.7. The van der Waals surface area contributed by atoms with Crippen LogP contribution < -0.4 is 5.32 Å². The van der Waals surface area contributed by atoms with Crippen LogP contribution in [0.15, 0.2) is 18.3 Å². The highest BCUT2D eigenvalue weighted by Crippen LogP contribution is 2.21. The first-order valence-electron chi connectivity index (χ1n) is 6.19. The van der Waals surface area contributed by atoms with Crippen LogP contribution in [-0.4, -0.2) is 23.6 Å². The first-order chi connectivity index (χ1) is 8.29. The molecule has 2 rings (SSSR count). The van der Waals surface area contributed by atoms with E-state index in [2.05, 4.69) is 10.3 Å². The van der Waals surface area contributed by atoms with Gasteiger partial charge in [-0.15, -0.1) is 0 Å². The van der Waals surface area contributed by atoms with Crippen molar-refractivity contribution in [3.63, 3.8) is 0 Å². The van der Waals surface area contributed by atoms with E-state index in [4.69, 9.17) is 4.74 Å². The van der Waals surface area contributed by atoms with E-state index in [1.807, 2.05) is 6.07 Å². The van der Waals surface area contributed by atoms with Crippen molar-refractivity contribution in [1.82, 2.24) is 4.98 Å². The summed E-state index contributed by atoms with van der Waals surface area (Å²) in [6.07, 6.45) is 6.56. The van der Waals surface area contributed by atoms with E-state index in [1.165, 1.54) is 25.7 Å². The van der Waals surface area contributed by atoms with Gasteiger partial charge in [0, 0.05) is 12.2 Å². The number of anilines is 1. The topological polar surface area (TPSA) is 51.2 Å². The second kappa shape index (κ2) is 5.66. The molecular formula is C13H18N2O2. The number of hydrogen-bond acceptors (Lipinski definition) is 4. The van der Waals surface area contributed by atoms with Crippen LogP contribution in [0.3, 0.4) is 0 Å². The van der Waals surface area contributed by atoms with E-state index in [9.17, 15) is 4.79 Å². The Morgan fingerprint density at radius 3 is 2.82 bits per heavy atom. The van der Waals surface area contributed by atoms with Gasteiger partial charge < -0.3 is 10.1 Å². The van der Waals surface area contributed by atoms with Crippen LogP contribution in [0.2, 0.25) is 0 Å². The molecule has 1 N–H and O–H groups in total. The molecule has 1 saturated carbocycles. The zero-order valence-corrected chi connectivity index (χ0v) is 10.1. The van der Waals surface area contributed by atoms with Gasteiger partial charge in [-0.05, 0) is 31.9 Å². The first kappa shape index (κ1) is 11.9. The van der Waals surface area contributed by atoms with Gasteiger partial charge in [-0.25, -0.2) is 9.78 Å². The zero-order valence-electron chi connectivity index (χ0n) is 10.1. The largest absolute Gasteiger partial charge is 0.462 e. The van der Waals surface area contributed by atoms with E-state index in [1.54, 1.807) is 19.2 Å². The van der Waals surface area contributed by atoms with Gasteiger partial charge in [0.1, 0.15) is 5.82 Å². The zero-order chi connectivity index (χ0) is 12.1. The molecule has 0 unspecified atom stereocenters. The predicted molar refractivity (Wildman–Crippen MR) is 66.1 cm³/mol. The van der Waals surface area contributed by atoms with Crippen molar-refractivity contribution < 1.29 is 9.53 Å². The summed E-state index contributed by atoms with van der Waals surface area (Å²) in [6, 6.07) is 4.13. The fourth-order valence-corrected chi connectivity index (χ4v) is 2.09. The Morgan fingerprint density at radius 2 is 2.24 bits per heavy atom. The Labute approximate surface area is 101 Å². The number of carbonyl (C=O) groups is 1. The van der Waals surface area contributed by atoms with Crippen molar-refractivity contribution in [2.45, 2.75) is 38.6 Å². The van der Waals surface area contributed by atoms with E-state index in [0.29, 0.717) is 18.2 Å². The molecule has 0 aliphatic heterocycles. The lowest BCUT2D eigenvalue weighted by Crippen LogP contribution is -2.15. The fraction of sp³-hybridized carbons (Fsp3) is 0.538. The second-order valence-electron chi connectivity index (χ2n) is 4.28. The third-order valence-electron chi connectivity index (χ3n) is 2.98. The highest BCUT2D eigenvalue weighted by Gasteiger charge is 2.15. The lowest BCUT2D eigenvalue weighted by Gasteiger charge is -2.12. The van der Waals surface area contributed by atoms with Gasteiger partial charge in [0.05, 0.1) is 12.2 Å². The Hall–Kier alpha value is -1.58. The van der Waals surface area contributed by atoms with Crippen molar-refractivity contribution in [3.8, 4) is 0 Å². The average molecular weight is 234 g/mol. The number of ether oxygens (including phenoxy) is 1. The summed E-state index contributed by atoms with van der Waals surface area (Å²) in [7, 11) is 0. The van der Waals surface area contributed by atoms with Crippen LogP contribution in [-0.2, 0) is 4.74 Å². The number of aromatic nitrogens is 1. The van der Waals surface area contributed by atoms with Crippen molar-refractivity contribution in [2.24, 2.45) is 0 Å². The summed E-state index contributed by atoms with van der Waals surface area (Å²) in [5.41, 5.74) is 0.504. The van der Waals surface area contributed by atoms with Gasteiger partial charge >= 0.3 is 5.97 Å². The molecule has 0 aromatic carbocycles. The molecule has 1 fully saturated rings. The Morgan fingerprint density at radius 1 is 1.47 bits per heavy atom. The highest BCUT2D eigenvalue weighted by atomic mass is 16.5. The summed E-state index contributed by atoms with van der Waals surface area (Å²) in [6.45, 7) is 2.18. The maximum Gasteiger partial charge on any atom is 0.339 e. The summed E-state index contributed by atoms with van der Waals surface area (Å²) in [5, 5.41) is 3.38. The van der Waals surface area contributed by atoms with Crippen LogP contribution in [0.4, 0.5) is 5.82 Å². The lowest BCUT2D eigenvalue weighted by molar-refractivity contribution is 0.0526. The molecule has 0 atom stereocenters. The van der Waals surface area contributed by atoms with Gasteiger partial charge in [-0.1, -0.05) is 12.8 Å². The van der Waals surface area contributed by atoms with Crippen LogP contribution in [0, 0.1) is 0 Å². The first-order valence-corrected chi connectivity index (χ1v) is 6.19. The van der Waals surface area contributed by atoms with Crippen LogP contribution in [0.1, 0.15) is 43.0 Å². The number of hydrogen-bond donors (Lipinski definition) is 1. The molecule has 17 heavy (non-hydrogen) atoms. The van der Waals surface area contributed by atoms with Gasteiger partial charge in [0.25, 0.3) is 0 Å². The molecule has 4 heteroatoms. The van der Waals surface area contributed by atoms with E-state index in [0.717, 1.165) is 5.82 Å². The summed E-state index contributed by atoms with van der Waals surface area (Å²) >= 11 is 0. The molecule has 0 saturated heterocycles. The molecule has 1 aromatic rings. The average Bonchev–Trinajstić information content (AvgIpc) is 2.83. The monoisotopic (exact) mass is 234 g/mol. The molecule has 1 aliphatic rings. The van der Waals surface area contributed by atoms with Crippen LogP contribution in [0.5, 0.6) is 0 Å². The molecule has 0 radical (unpaired) electrons. The molecule has 4 nitrogen and oxygen atoms in total. The van der Waals surface area contributed by atoms with E-state index >= 15 is 0 Å². The Balaban J connectivity index is 1.94. The number of nitrogens with one attached hydrogen (secondary N) is 1. The highest BCUT2D eigenvalue weighted by molar-refractivity contribution is 5.89. The Bertz CT molecular complexity index is 370. The maximum absolute atomic E-state index is 11.4. The molecular weight excluding hydrogens is 216 g/mol. The third-order valence-corrected chi connectivity index (χ3v) is 2.98. The number of nitrogens with zero attached hydrogens (tertiary/aromatic N) is 1. The standard InChI is InChI=1S/C13H18N2O2/c1-2-17-13(16)10-7-8-12(14-9-10)15-11-5-3-4-6-11/h7-9,11H,2-6H2,1H3,(H,14,15). The van der Waals surface area contributed by atoms with Gasteiger partial charge in [-0.3, -0.25) is 0 Å².